The molecule has 0 saturated heterocycles. The van der Waals surface area contributed by atoms with Gasteiger partial charge in [0.1, 0.15) is 6.54 Å². The Hall–Kier alpha value is -3.20. The molecule has 0 aliphatic carbocycles. The quantitative estimate of drug-likeness (QED) is 0.523. The van der Waals surface area contributed by atoms with Crippen LogP contribution >= 0.6 is 11.6 Å². The van der Waals surface area contributed by atoms with Gasteiger partial charge in [-0.05, 0) is 24.6 Å². The number of rotatable bonds is 4. The third kappa shape index (κ3) is 3.54. The second-order valence-electron chi connectivity index (χ2n) is 5.99. The number of aryl methyl sites for hydroxylation is 1. The van der Waals surface area contributed by atoms with Gasteiger partial charge in [-0.3, -0.25) is 18.7 Å². The lowest BCUT2D eigenvalue weighted by Crippen LogP contribution is -2.38. The molecule has 2 heterocycles. The van der Waals surface area contributed by atoms with Crippen LogP contribution in [-0.4, -0.2) is 30.3 Å². The van der Waals surface area contributed by atoms with Gasteiger partial charge >= 0.3 is 5.69 Å². The van der Waals surface area contributed by atoms with Gasteiger partial charge < -0.3 is 4.57 Å². The molecule has 1 amide bonds. The highest BCUT2D eigenvalue weighted by Gasteiger charge is 2.15. The first-order valence-electron chi connectivity index (χ1n) is 7.99. The van der Waals surface area contributed by atoms with E-state index >= 15 is 0 Å². The van der Waals surface area contributed by atoms with Crippen molar-refractivity contribution in [3.05, 3.63) is 62.0 Å². The van der Waals surface area contributed by atoms with Crippen molar-refractivity contribution in [1.82, 2.24) is 24.1 Å². The molecule has 2 aromatic heterocycles. The number of nitrogens with zero attached hydrogens (tertiary/aromatic N) is 5. The summed E-state index contributed by atoms with van der Waals surface area (Å²) in [7, 11) is 2.89. The summed E-state index contributed by atoms with van der Waals surface area (Å²) in [6.07, 6.45) is 1.35. The first-order chi connectivity index (χ1) is 12.8. The maximum atomic E-state index is 12.4. The van der Waals surface area contributed by atoms with Crippen LogP contribution in [-0.2, 0) is 25.4 Å². The van der Waals surface area contributed by atoms with Gasteiger partial charge in [-0.25, -0.2) is 15.2 Å². The maximum Gasteiger partial charge on any atom is 0.332 e. The lowest BCUT2D eigenvalue weighted by molar-refractivity contribution is -0.121. The zero-order valence-corrected chi connectivity index (χ0v) is 15.7. The second kappa shape index (κ2) is 7.20. The van der Waals surface area contributed by atoms with Crippen LogP contribution in [0.4, 0.5) is 0 Å². The summed E-state index contributed by atoms with van der Waals surface area (Å²) in [5, 5.41) is 4.67. The highest BCUT2D eigenvalue weighted by Crippen LogP contribution is 2.10. The van der Waals surface area contributed by atoms with E-state index in [1.807, 2.05) is 0 Å². The number of nitrogens with one attached hydrogen (secondary N) is 1. The Kier molecular flexibility index (Phi) is 4.95. The molecule has 0 bridgehead atoms. The molecule has 1 N–H and O–H groups in total. The van der Waals surface area contributed by atoms with Crippen molar-refractivity contribution >= 4 is 34.4 Å². The van der Waals surface area contributed by atoms with Crippen LogP contribution in [0.5, 0.6) is 0 Å². The topological polar surface area (TPSA) is 103 Å². The first kappa shape index (κ1) is 18.6. The van der Waals surface area contributed by atoms with Crippen molar-refractivity contribution in [3.63, 3.8) is 0 Å². The summed E-state index contributed by atoms with van der Waals surface area (Å²) in [6.45, 7) is 1.59. The molecular formula is C17H17ClN6O3. The highest BCUT2D eigenvalue weighted by molar-refractivity contribution is 6.30. The van der Waals surface area contributed by atoms with Crippen LogP contribution in [0.15, 0.2) is 45.3 Å². The molecule has 10 heteroatoms. The van der Waals surface area contributed by atoms with Crippen molar-refractivity contribution in [2.45, 2.75) is 13.5 Å². The SMILES string of the molecule is C/C(=N\NC(=O)Cn1cnc2c1c(=O)n(C)c(=O)n2C)c1ccc(Cl)cc1. The molecule has 1 aromatic carbocycles. The molecule has 0 unspecified atom stereocenters. The van der Waals surface area contributed by atoms with Crippen molar-refractivity contribution in [1.29, 1.82) is 0 Å². The van der Waals surface area contributed by atoms with Crippen molar-refractivity contribution in [2.24, 2.45) is 19.2 Å². The van der Waals surface area contributed by atoms with E-state index in [1.54, 1.807) is 31.2 Å². The fourth-order valence-electron chi connectivity index (χ4n) is 2.61. The number of carbonyl (C=O) groups is 1. The smallest absolute Gasteiger partial charge is 0.315 e. The van der Waals surface area contributed by atoms with Crippen LogP contribution in [0.25, 0.3) is 11.2 Å². The summed E-state index contributed by atoms with van der Waals surface area (Å²) in [5.41, 5.74) is 3.27. The molecule has 140 valence electrons. The molecule has 27 heavy (non-hydrogen) atoms. The highest BCUT2D eigenvalue weighted by atomic mass is 35.5. The van der Waals surface area contributed by atoms with Crippen molar-refractivity contribution < 1.29 is 4.79 Å². The summed E-state index contributed by atoms with van der Waals surface area (Å²) in [6, 6.07) is 7.05. The Morgan fingerprint density at radius 3 is 2.52 bits per heavy atom. The predicted molar refractivity (Wildman–Crippen MR) is 102 cm³/mol. The zero-order chi connectivity index (χ0) is 19.7. The number of aromatic nitrogens is 4. The van der Waals surface area contributed by atoms with Gasteiger partial charge in [0.15, 0.2) is 11.2 Å². The minimum absolute atomic E-state index is 0.165. The van der Waals surface area contributed by atoms with E-state index in [9.17, 15) is 14.4 Å². The van der Waals surface area contributed by atoms with Crippen LogP contribution in [0.2, 0.25) is 5.02 Å². The Labute approximate surface area is 158 Å². The van der Waals surface area contributed by atoms with E-state index in [-0.39, 0.29) is 17.7 Å². The van der Waals surface area contributed by atoms with E-state index in [0.29, 0.717) is 10.7 Å². The van der Waals surface area contributed by atoms with E-state index in [0.717, 1.165) is 10.1 Å². The van der Waals surface area contributed by atoms with Gasteiger partial charge in [0, 0.05) is 19.1 Å². The van der Waals surface area contributed by atoms with Crippen molar-refractivity contribution in [2.75, 3.05) is 0 Å². The number of benzene rings is 1. The average molecular weight is 389 g/mol. The molecule has 0 atom stereocenters. The van der Waals surface area contributed by atoms with Crippen molar-refractivity contribution in [3.8, 4) is 0 Å². The monoisotopic (exact) mass is 388 g/mol. The zero-order valence-electron chi connectivity index (χ0n) is 14.9. The first-order valence-corrected chi connectivity index (χ1v) is 8.37. The molecule has 3 rings (SSSR count). The Bertz CT molecular complexity index is 1170. The maximum absolute atomic E-state index is 12.4. The van der Waals surface area contributed by atoms with E-state index in [1.165, 1.54) is 29.6 Å². The number of hydrogen-bond acceptors (Lipinski definition) is 5. The summed E-state index contributed by atoms with van der Waals surface area (Å²) >= 11 is 5.85. The van der Waals surface area contributed by atoms with Crippen LogP contribution in [0.1, 0.15) is 12.5 Å². The third-order valence-corrected chi connectivity index (χ3v) is 4.39. The minimum atomic E-state index is -0.515. The van der Waals surface area contributed by atoms with Crippen LogP contribution in [0, 0.1) is 0 Å². The fourth-order valence-corrected chi connectivity index (χ4v) is 2.73. The lowest BCUT2D eigenvalue weighted by Gasteiger charge is -2.06. The minimum Gasteiger partial charge on any atom is -0.315 e. The summed E-state index contributed by atoms with van der Waals surface area (Å²) in [5.74, 6) is -0.432. The molecule has 3 aromatic rings. The molecule has 0 aliphatic rings. The van der Waals surface area contributed by atoms with E-state index in [2.05, 4.69) is 15.5 Å². The largest absolute Gasteiger partial charge is 0.332 e. The molecule has 0 saturated carbocycles. The van der Waals surface area contributed by atoms with Gasteiger partial charge in [-0.2, -0.15) is 5.10 Å². The molecule has 9 nitrogen and oxygen atoms in total. The number of fused-ring (bicyclic) bond motifs is 1. The number of carbonyl (C=O) groups excluding carboxylic acids is 1. The number of hydrazone groups is 1. The van der Waals surface area contributed by atoms with Crippen LogP contribution < -0.4 is 16.7 Å². The van der Waals surface area contributed by atoms with E-state index < -0.39 is 17.2 Å². The molecule has 0 aliphatic heterocycles. The fraction of sp³-hybridized carbons (Fsp3) is 0.235. The lowest BCUT2D eigenvalue weighted by atomic mass is 10.1. The summed E-state index contributed by atoms with van der Waals surface area (Å²) in [4.78, 5) is 40.6. The van der Waals surface area contributed by atoms with Gasteiger partial charge in [-0.1, -0.05) is 23.7 Å². The van der Waals surface area contributed by atoms with E-state index in [4.69, 9.17) is 11.6 Å². The number of hydrogen-bond donors (Lipinski definition) is 1. The van der Waals surface area contributed by atoms with Gasteiger partial charge in [0.05, 0.1) is 12.0 Å². The molecule has 0 radical (unpaired) electrons. The Morgan fingerprint density at radius 2 is 1.85 bits per heavy atom. The average Bonchev–Trinajstić information content (AvgIpc) is 3.07. The molecule has 0 spiro atoms. The Balaban J connectivity index is 1.83. The molecule has 0 fully saturated rings. The van der Waals surface area contributed by atoms with Crippen LogP contribution in [0.3, 0.4) is 0 Å². The molecular weight excluding hydrogens is 372 g/mol. The number of halogens is 1. The van der Waals surface area contributed by atoms with Gasteiger partial charge in [0.25, 0.3) is 11.5 Å². The standard InChI is InChI=1S/C17H17ClN6O3/c1-10(11-4-6-12(18)7-5-11)20-21-13(25)8-24-9-19-15-14(24)16(26)23(3)17(27)22(15)2/h4-7,9H,8H2,1-3H3,(H,21,25)/b20-10+. The number of imidazole rings is 1. The normalized spacial score (nSPS) is 11.8. The number of amides is 1. The predicted octanol–water partition coefficient (Wildman–Crippen LogP) is 0.627. The van der Waals surface area contributed by atoms with Gasteiger partial charge in [-0.15, -0.1) is 0 Å². The van der Waals surface area contributed by atoms with Gasteiger partial charge in [0.2, 0.25) is 0 Å². The third-order valence-electron chi connectivity index (χ3n) is 4.14. The Morgan fingerprint density at radius 1 is 1.19 bits per heavy atom. The summed E-state index contributed by atoms with van der Waals surface area (Å²) < 4.78 is 3.62. The second-order valence-corrected chi connectivity index (χ2v) is 6.43.